The summed E-state index contributed by atoms with van der Waals surface area (Å²) in [7, 11) is -3.72. The minimum Gasteiger partial charge on any atom is -0.320 e. The number of amides is 2. The van der Waals surface area contributed by atoms with E-state index in [1.807, 2.05) is 12.1 Å². The number of urea groups is 1. The van der Waals surface area contributed by atoms with Gasteiger partial charge in [0.1, 0.15) is 0 Å². The molecule has 0 aromatic heterocycles. The zero-order chi connectivity index (χ0) is 22.6. The van der Waals surface area contributed by atoms with Crippen molar-refractivity contribution in [3.05, 3.63) is 90.0 Å². The van der Waals surface area contributed by atoms with Crippen LogP contribution < -0.4 is 9.62 Å². The van der Waals surface area contributed by atoms with Crippen molar-refractivity contribution < 1.29 is 13.2 Å². The molecule has 162 valence electrons. The van der Waals surface area contributed by atoms with Gasteiger partial charge in [0.25, 0.3) is 10.0 Å². The van der Waals surface area contributed by atoms with Gasteiger partial charge in [-0.25, -0.2) is 13.2 Å². The number of carbonyl (C=O) groups is 1. The summed E-state index contributed by atoms with van der Waals surface area (Å²) in [6.45, 7) is 1.63. The second-order valence-electron chi connectivity index (χ2n) is 7.49. The Morgan fingerprint density at radius 3 is 2.41 bits per heavy atom. The van der Waals surface area contributed by atoms with Crippen molar-refractivity contribution >= 4 is 27.4 Å². The fourth-order valence-electron chi connectivity index (χ4n) is 3.62. The summed E-state index contributed by atoms with van der Waals surface area (Å²) in [4.78, 5) is 16.7. The van der Waals surface area contributed by atoms with Crippen LogP contribution in [0.2, 0.25) is 0 Å². The topological polar surface area (TPSA) is 93.5 Å². The molecule has 1 heterocycles. The van der Waals surface area contributed by atoms with E-state index in [4.69, 9.17) is 5.26 Å². The molecule has 7 nitrogen and oxygen atoms in total. The molecule has 32 heavy (non-hydrogen) atoms. The molecule has 3 aromatic rings. The monoisotopic (exact) mass is 446 g/mol. The SMILES string of the molecule is N#Cc1ccc(CN2CCCN(c3cccc(NS(=O)(=O)c4ccccc4)c3)C2=O)cc1. The predicted octanol–water partition coefficient (Wildman–Crippen LogP) is 4.19. The maximum atomic E-state index is 13.1. The molecule has 0 aliphatic carbocycles. The number of hydrogen-bond acceptors (Lipinski definition) is 4. The zero-order valence-corrected chi connectivity index (χ0v) is 18.1. The van der Waals surface area contributed by atoms with E-state index in [0.29, 0.717) is 36.6 Å². The highest BCUT2D eigenvalue weighted by atomic mass is 32.2. The summed E-state index contributed by atoms with van der Waals surface area (Å²) in [6.07, 6.45) is 0.794. The molecule has 1 N–H and O–H groups in total. The Morgan fingerprint density at radius 1 is 0.938 bits per heavy atom. The predicted molar refractivity (Wildman–Crippen MR) is 123 cm³/mol. The second-order valence-corrected chi connectivity index (χ2v) is 9.17. The molecule has 1 fully saturated rings. The Morgan fingerprint density at radius 2 is 1.69 bits per heavy atom. The smallest absolute Gasteiger partial charge is 0.320 e. The summed E-state index contributed by atoms with van der Waals surface area (Å²) >= 11 is 0. The molecule has 0 spiro atoms. The van der Waals surface area contributed by atoms with Gasteiger partial charge < -0.3 is 4.90 Å². The van der Waals surface area contributed by atoms with E-state index in [-0.39, 0.29) is 10.9 Å². The fraction of sp³-hybridized carbons (Fsp3) is 0.167. The Labute approximate surface area is 187 Å². The Bertz CT molecular complexity index is 1250. The van der Waals surface area contributed by atoms with Crippen molar-refractivity contribution in [1.29, 1.82) is 5.26 Å². The molecule has 0 saturated carbocycles. The van der Waals surface area contributed by atoms with Gasteiger partial charge in [0.15, 0.2) is 0 Å². The average molecular weight is 447 g/mol. The third-order valence-corrected chi connectivity index (χ3v) is 6.63. The first-order chi connectivity index (χ1) is 15.5. The van der Waals surface area contributed by atoms with Gasteiger partial charge in [0.2, 0.25) is 0 Å². The Balaban J connectivity index is 1.50. The lowest BCUT2D eigenvalue weighted by Crippen LogP contribution is -2.49. The summed E-state index contributed by atoms with van der Waals surface area (Å²) in [5.41, 5.74) is 2.55. The summed E-state index contributed by atoms with van der Waals surface area (Å²) < 4.78 is 27.9. The Kier molecular flexibility index (Phi) is 6.10. The largest absolute Gasteiger partial charge is 0.324 e. The van der Waals surface area contributed by atoms with Gasteiger partial charge in [-0.05, 0) is 54.4 Å². The quantitative estimate of drug-likeness (QED) is 0.614. The van der Waals surface area contributed by atoms with Crippen LogP contribution in [0.15, 0.2) is 83.8 Å². The van der Waals surface area contributed by atoms with Crippen LogP contribution in [0.5, 0.6) is 0 Å². The third-order valence-electron chi connectivity index (χ3n) is 5.23. The molecule has 4 rings (SSSR count). The molecule has 3 aromatic carbocycles. The lowest BCUT2D eigenvalue weighted by atomic mass is 10.1. The van der Waals surface area contributed by atoms with Crippen LogP contribution >= 0.6 is 0 Å². The van der Waals surface area contributed by atoms with Crippen LogP contribution in [0.25, 0.3) is 0 Å². The highest BCUT2D eigenvalue weighted by Gasteiger charge is 2.27. The number of nitrogens with zero attached hydrogens (tertiary/aromatic N) is 3. The molecule has 1 saturated heterocycles. The minimum atomic E-state index is -3.72. The number of benzene rings is 3. The number of carbonyl (C=O) groups excluding carboxylic acids is 1. The molecular weight excluding hydrogens is 424 g/mol. The first kappa shape index (κ1) is 21.4. The molecule has 0 radical (unpaired) electrons. The zero-order valence-electron chi connectivity index (χ0n) is 17.3. The standard InChI is InChI=1S/C24H22N4O3S/c25-17-19-10-12-20(13-11-19)18-27-14-5-15-28(24(27)29)22-7-4-6-21(16-22)26-32(30,31)23-8-2-1-3-9-23/h1-4,6-13,16,26H,5,14-15,18H2. The van der Waals surface area contributed by atoms with Crippen molar-refractivity contribution in [2.45, 2.75) is 17.9 Å². The summed E-state index contributed by atoms with van der Waals surface area (Å²) in [5.74, 6) is 0. The van der Waals surface area contributed by atoms with Crippen LogP contribution in [0, 0.1) is 11.3 Å². The molecule has 0 unspecified atom stereocenters. The number of sulfonamides is 1. The summed E-state index contributed by atoms with van der Waals surface area (Å²) in [5, 5.41) is 8.95. The van der Waals surface area contributed by atoms with Crippen molar-refractivity contribution in [3.8, 4) is 6.07 Å². The number of anilines is 2. The molecule has 0 atom stereocenters. The molecule has 0 bridgehead atoms. The van der Waals surface area contributed by atoms with Crippen LogP contribution in [0.1, 0.15) is 17.5 Å². The highest BCUT2D eigenvalue weighted by Crippen LogP contribution is 2.26. The van der Waals surface area contributed by atoms with E-state index in [1.54, 1.807) is 64.4 Å². The summed E-state index contributed by atoms with van der Waals surface area (Å²) in [6, 6.07) is 24.1. The second kappa shape index (κ2) is 9.12. The maximum absolute atomic E-state index is 13.1. The number of rotatable bonds is 6. The molecule has 1 aliphatic heterocycles. The highest BCUT2D eigenvalue weighted by molar-refractivity contribution is 7.92. The van der Waals surface area contributed by atoms with E-state index < -0.39 is 10.0 Å². The van der Waals surface area contributed by atoms with Gasteiger partial charge in [0.05, 0.1) is 22.2 Å². The van der Waals surface area contributed by atoms with Gasteiger partial charge in [0, 0.05) is 25.3 Å². The number of nitriles is 1. The minimum absolute atomic E-state index is 0.135. The lowest BCUT2D eigenvalue weighted by molar-refractivity contribution is 0.192. The van der Waals surface area contributed by atoms with Crippen LogP contribution in [-0.4, -0.2) is 32.4 Å². The average Bonchev–Trinajstić information content (AvgIpc) is 2.81. The van der Waals surface area contributed by atoms with E-state index in [9.17, 15) is 13.2 Å². The van der Waals surface area contributed by atoms with Crippen molar-refractivity contribution in [2.24, 2.45) is 0 Å². The van der Waals surface area contributed by atoms with Crippen molar-refractivity contribution in [3.63, 3.8) is 0 Å². The maximum Gasteiger partial charge on any atom is 0.324 e. The van der Waals surface area contributed by atoms with Gasteiger partial charge in [-0.15, -0.1) is 0 Å². The van der Waals surface area contributed by atoms with E-state index >= 15 is 0 Å². The van der Waals surface area contributed by atoms with Gasteiger partial charge in [-0.1, -0.05) is 36.4 Å². The van der Waals surface area contributed by atoms with Gasteiger partial charge in [-0.2, -0.15) is 5.26 Å². The van der Waals surface area contributed by atoms with Gasteiger partial charge >= 0.3 is 6.03 Å². The number of nitrogens with one attached hydrogen (secondary N) is 1. The molecule has 1 aliphatic rings. The fourth-order valence-corrected chi connectivity index (χ4v) is 4.69. The van der Waals surface area contributed by atoms with Crippen LogP contribution in [0.3, 0.4) is 0 Å². The first-order valence-electron chi connectivity index (χ1n) is 10.2. The van der Waals surface area contributed by atoms with E-state index in [0.717, 1.165) is 12.0 Å². The van der Waals surface area contributed by atoms with Crippen molar-refractivity contribution in [1.82, 2.24) is 4.90 Å². The molecule has 8 heteroatoms. The Hall–Kier alpha value is -3.83. The van der Waals surface area contributed by atoms with Crippen LogP contribution in [0.4, 0.5) is 16.2 Å². The van der Waals surface area contributed by atoms with Gasteiger partial charge in [-0.3, -0.25) is 9.62 Å². The van der Waals surface area contributed by atoms with E-state index in [2.05, 4.69) is 10.8 Å². The van der Waals surface area contributed by atoms with Crippen molar-refractivity contribution in [2.75, 3.05) is 22.7 Å². The van der Waals surface area contributed by atoms with E-state index in [1.165, 1.54) is 12.1 Å². The first-order valence-corrected chi connectivity index (χ1v) is 11.7. The third kappa shape index (κ3) is 4.74. The van der Waals surface area contributed by atoms with Crippen LogP contribution in [-0.2, 0) is 16.6 Å². The normalized spacial score (nSPS) is 14.2. The number of hydrogen-bond donors (Lipinski definition) is 1. The molecular formula is C24H22N4O3S. The molecule has 2 amide bonds. The lowest BCUT2D eigenvalue weighted by Gasteiger charge is -2.36.